The fourth-order valence-electron chi connectivity index (χ4n) is 1.57. The maximum Gasteiger partial charge on any atom is 0.332 e. The van der Waals surface area contributed by atoms with Gasteiger partial charge in [0.05, 0.1) is 0 Å². The van der Waals surface area contributed by atoms with Crippen LogP contribution in [0.2, 0.25) is 0 Å². The van der Waals surface area contributed by atoms with E-state index in [0.717, 1.165) is 0 Å². The minimum atomic E-state index is -1.05. The Morgan fingerprint density at radius 1 is 1.29 bits per heavy atom. The Kier molecular flexibility index (Phi) is 3.29. The molecule has 1 saturated heterocycles. The predicted octanol–water partition coefficient (Wildman–Crippen LogP) is 0.0473. The van der Waals surface area contributed by atoms with Crippen LogP contribution in [0.1, 0.15) is 12.8 Å². The molecular weight excluding hydrogens is 226 g/mol. The molecule has 7 nitrogen and oxygen atoms in total. The molecule has 2 atom stereocenters. The number of carboxylic acids is 1. The van der Waals surface area contributed by atoms with Crippen LogP contribution in [0.4, 0.5) is 5.95 Å². The van der Waals surface area contributed by atoms with Crippen LogP contribution in [0.3, 0.4) is 0 Å². The van der Waals surface area contributed by atoms with Gasteiger partial charge in [0, 0.05) is 12.4 Å². The van der Waals surface area contributed by atoms with Crippen molar-refractivity contribution in [2.75, 3.05) is 5.32 Å². The van der Waals surface area contributed by atoms with E-state index in [1.54, 1.807) is 6.07 Å². The van der Waals surface area contributed by atoms with Crippen LogP contribution in [-0.2, 0) is 14.3 Å². The van der Waals surface area contributed by atoms with E-state index in [1.807, 2.05) is 0 Å². The minimum absolute atomic E-state index is 0.180. The van der Waals surface area contributed by atoms with Gasteiger partial charge in [-0.3, -0.25) is 10.1 Å². The number of carbonyl (C=O) groups excluding carboxylic acids is 1. The molecule has 7 heteroatoms. The van der Waals surface area contributed by atoms with Crippen molar-refractivity contribution in [2.24, 2.45) is 0 Å². The molecule has 0 spiro atoms. The Balaban J connectivity index is 1.92. The first-order chi connectivity index (χ1) is 8.16. The van der Waals surface area contributed by atoms with Crippen molar-refractivity contribution in [2.45, 2.75) is 25.0 Å². The summed E-state index contributed by atoms with van der Waals surface area (Å²) in [5.74, 6) is -1.28. The van der Waals surface area contributed by atoms with E-state index in [0.29, 0.717) is 12.8 Å². The lowest BCUT2D eigenvalue weighted by atomic mass is 10.2. The molecule has 1 aromatic rings. The number of hydrogen-bond donors (Lipinski definition) is 2. The van der Waals surface area contributed by atoms with Crippen LogP contribution in [0, 0.1) is 0 Å². The highest BCUT2D eigenvalue weighted by Gasteiger charge is 2.34. The van der Waals surface area contributed by atoms with Crippen molar-refractivity contribution in [3.63, 3.8) is 0 Å². The number of amides is 1. The van der Waals surface area contributed by atoms with Gasteiger partial charge in [-0.2, -0.15) is 0 Å². The third-order valence-electron chi connectivity index (χ3n) is 2.39. The minimum Gasteiger partial charge on any atom is -0.479 e. The molecule has 2 heterocycles. The summed E-state index contributed by atoms with van der Waals surface area (Å²) in [4.78, 5) is 30.0. The van der Waals surface area contributed by atoms with E-state index in [1.165, 1.54) is 12.4 Å². The first-order valence-corrected chi connectivity index (χ1v) is 5.13. The van der Waals surface area contributed by atoms with Crippen LogP contribution >= 0.6 is 0 Å². The van der Waals surface area contributed by atoms with E-state index in [4.69, 9.17) is 9.84 Å². The van der Waals surface area contributed by atoms with Gasteiger partial charge in [0.1, 0.15) is 6.10 Å². The molecule has 17 heavy (non-hydrogen) atoms. The standard InChI is InChI=1S/C10H11N3O4/c14-8(13-10-11-4-1-5-12-10)6-2-3-7(17-6)9(15)16/h1,4-7H,2-3H2,(H,15,16)(H,11,12,13,14)/t6-,7+/m0/s1. The van der Waals surface area contributed by atoms with Crippen molar-refractivity contribution in [3.05, 3.63) is 18.5 Å². The third-order valence-corrected chi connectivity index (χ3v) is 2.39. The molecular formula is C10H11N3O4. The van der Waals surface area contributed by atoms with E-state index >= 15 is 0 Å². The molecule has 1 amide bonds. The molecule has 0 bridgehead atoms. The maximum absolute atomic E-state index is 11.7. The summed E-state index contributed by atoms with van der Waals surface area (Å²) >= 11 is 0. The Bertz CT molecular complexity index is 423. The monoisotopic (exact) mass is 237 g/mol. The SMILES string of the molecule is O=C(Nc1ncccn1)[C@@H]1CC[C@H](C(=O)O)O1. The fourth-order valence-corrected chi connectivity index (χ4v) is 1.57. The lowest BCUT2D eigenvalue weighted by Crippen LogP contribution is -2.30. The van der Waals surface area contributed by atoms with Gasteiger partial charge in [0.15, 0.2) is 6.10 Å². The summed E-state index contributed by atoms with van der Waals surface area (Å²) in [7, 11) is 0. The first kappa shape index (κ1) is 11.5. The summed E-state index contributed by atoms with van der Waals surface area (Å²) in [6.07, 6.45) is 2.07. The predicted molar refractivity (Wildman–Crippen MR) is 56.2 cm³/mol. The van der Waals surface area contributed by atoms with Crippen molar-refractivity contribution in [1.29, 1.82) is 0 Å². The van der Waals surface area contributed by atoms with Crippen molar-refractivity contribution in [1.82, 2.24) is 9.97 Å². The van der Waals surface area contributed by atoms with Gasteiger partial charge in [0.25, 0.3) is 5.91 Å². The van der Waals surface area contributed by atoms with Gasteiger partial charge in [-0.25, -0.2) is 14.8 Å². The number of aliphatic carboxylic acids is 1. The van der Waals surface area contributed by atoms with Gasteiger partial charge in [0.2, 0.25) is 5.95 Å². The van der Waals surface area contributed by atoms with Gasteiger partial charge in [-0.05, 0) is 18.9 Å². The lowest BCUT2D eigenvalue weighted by Gasteiger charge is -2.10. The lowest BCUT2D eigenvalue weighted by molar-refractivity contribution is -0.150. The first-order valence-electron chi connectivity index (χ1n) is 5.13. The molecule has 90 valence electrons. The van der Waals surface area contributed by atoms with Crippen molar-refractivity contribution in [3.8, 4) is 0 Å². The van der Waals surface area contributed by atoms with Gasteiger partial charge in [-0.1, -0.05) is 0 Å². The molecule has 1 aromatic heterocycles. The Labute approximate surface area is 96.8 Å². The van der Waals surface area contributed by atoms with Crippen LogP contribution in [0.15, 0.2) is 18.5 Å². The van der Waals surface area contributed by atoms with E-state index in [2.05, 4.69) is 15.3 Å². The second kappa shape index (κ2) is 4.88. The molecule has 1 aliphatic rings. The zero-order valence-electron chi connectivity index (χ0n) is 8.87. The second-order valence-electron chi connectivity index (χ2n) is 3.59. The van der Waals surface area contributed by atoms with Crippen molar-refractivity contribution < 1.29 is 19.4 Å². The Morgan fingerprint density at radius 3 is 2.53 bits per heavy atom. The van der Waals surface area contributed by atoms with E-state index in [-0.39, 0.29) is 5.95 Å². The Morgan fingerprint density at radius 2 is 1.94 bits per heavy atom. The third kappa shape index (κ3) is 2.76. The summed E-state index contributed by atoms with van der Waals surface area (Å²) in [5, 5.41) is 11.2. The van der Waals surface area contributed by atoms with Gasteiger partial charge in [-0.15, -0.1) is 0 Å². The number of nitrogens with zero attached hydrogens (tertiary/aromatic N) is 2. The number of ether oxygens (including phenoxy) is 1. The number of anilines is 1. The molecule has 0 radical (unpaired) electrons. The van der Waals surface area contributed by atoms with Gasteiger partial charge < -0.3 is 9.84 Å². The van der Waals surface area contributed by atoms with Crippen LogP contribution in [-0.4, -0.2) is 39.2 Å². The van der Waals surface area contributed by atoms with Crippen LogP contribution < -0.4 is 5.32 Å². The van der Waals surface area contributed by atoms with Crippen molar-refractivity contribution >= 4 is 17.8 Å². The number of hydrogen-bond acceptors (Lipinski definition) is 5. The van der Waals surface area contributed by atoms with E-state index < -0.39 is 24.1 Å². The molecule has 0 aromatic carbocycles. The summed E-state index contributed by atoms with van der Waals surface area (Å²) < 4.78 is 5.09. The zero-order chi connectivity index (χ0) is 12.3. The molecule has 0 unspecified atom stereocenters. The summed E-state index contributed by atoms with van der Waals surface area (Å²) in [5.41, 5.74) is 0. The van der Waals surface area contributed by atoms with E-state index in [9.17, 15) is 9.59 Å². The molecule has 1 fully saturated rings. The molecule has 2 N–H and O–H groups in total. The number of rotatable bonds is 3. The highest BCUT2D eigenvalue weighted by atomic mass is 16.5. The summed E-state index contributed by atoms with van der Waals surface area (Å²) in [6.45, 7) is 0. The number of aromatic nitrogens is 2. The largest absolute Gasteiger partial charge is 0.479 e. The Hall–Kier alpha value is -2.02. The number of carboxylic acid groups (broad SMARTS) is 1. The maximum atomic E-state index is 11.7. The smallest absolute Gasteiger partial charge is 0.332 e. The van der Waals surface area contributed by atoms with Crippen LogP contribution in [0.5, 0.6) is 0 Å². The highest BCUT2D eigenvalue weighted by Crippen LogP contribution is 2.20. The van der Waals surface area contributed by atoms with Gasteiger partial charge >= 0.3 is 5.97 Å². The summed E-state index contributed by atoms with van der Waals surface area (Å²) in [6, 6.07) is 1.63. The average molecular weight is 237 g/mol. The number of nitrogens with one attached hydrogen (secondary N) is 1. The second-order valence-corrected chi connectivity index (χ2v) is 3.59. The number of carbonyl (C=O) groups is 2. The average Bonchev–Trinajstić information content (AvgIpc) is 2.79. The molecule has 0 aliphatic carbocycles. The topological polar surface area (TPSA) is 101 Å². The fraction of sp³-hybridized carbons (Fsp3) is 0.400. The normalized spacial score (nSPS) is 23.3. The quantitative estimate of drug-likeness (QED) is 0.770. The molecule has 1 aliphatic heterocycles. The molecule has 0 saturated carbocycles. The van der Waals surface area contributed by atoms with Crippen LogP contribution in [0.25, 0.3) is 0 Å². The highest BCUT2D eigenvalue weighted by molar-refractivity contribution is 5.93. The zero-order valence-corrected chi connectivity index (χ0v) is 8.87. The molecule has 2 rings (SSSR count).